The van der Waals surface area contributed by atoms with Crippen molar-refractivity contribution < 1.29 is 9.90 Å². The molecule has 5 heteroatoms. The minimum Gasteiger partial charge on any atom is -0.508 e. The Balaban J connectivity index is 1.84. The highest BCUT2D eigenvalue weighted by molar-refractivity contribution is 6.30. The lowest BCUT2D eigenvalue weighted by Gasteiger charge is -2.22. The monoisotopic (exact) mass is 282 g/mol. The van der Waals surface area contributed by atoms with E-state index in [1.54, 1.807) is 18.2 Å². The van der Waals surface area contributed by atoms with Crippen molar-refractivity contribution in [3.8, 4) is 5.75 Å². The van der Waals surface area contributed by atoms with Gasteiger partial charge in [0.25, 0.3) is 0 Å². The van der Waals surface area contributed by atoms with Gasteiger partial charge in [-0.2, -0.15) is 0 Å². The van der Waals surface area contributed by atoms with Gasteiger partial charge in [0, 0.05) is 42.7 Å². The second-order valence-corrected chi connectivity index (χ2v) is 5.43. The number of hydrogen-bond acceptors (Lipinski definition) is 3. The fourth-order valence-corrected chi connectivity index (χ4v) is 2.47. The fourth-order valence-electron chi connectivity index (χ4n) is 2.27. The molecular weight excluding hydrogens is 264 g/mol. The van der Waals surface area contributed by atoms with Gasteiger partial charge in [0.1, 0.15) is 5.75 Å². The summed E-state index contributed by atoms with van der Waals surface area (Å²) in [4.78, 5) is 13.4. The zero-order chi connectivity index (χ0) is 13.8. The molecule has 0 radical (unpaired) electrons. The van der Waals surface area contributed by atoms with Crippen LogP contribution >= 0.6 is 11.6 Å². The number of aromatic hydroxyl groups is 1. The Morgan fingerprint density at radius 2 is 2.32 bits per heavy atom. The Kier molecular flexibility index (Phi) is 4.66. The predicted octanol–water partition coefficient (Wildman–Crippen LogP) is 2.15. The number of carbonyl (C=O) groups excluding carboxylic acids is 1. The topological polar surface area (TPSA) is 52.6 Å². The number of rotatable bonds is 5. The summed E-state index contributed by atoms with van der Waals surface area (Å²) in [5.41, 5.74) is 0.770. The average Bonchev–Trinajstić information content (AvgIpc) is 2.76. The number of halogens is 1. The summed E-state index contributed by atoms with van der Waals surface area (Å²) in [5, 5.41) is 13.6. The van der Waals surface area contributed by atoms with Gasteiger partial charge in [-0.15, -0.1) is 0 Å². The molecule has 2 rings (SSSR count). The van der Waals surface area contributed by atoms with E-state index in [1.807, 2.05) is 11.8 Å². The van der Waals surface area contributed by atoms with Crippen LogP contribution in [0.15, 0.2) is 18.2 Å². The molecule has 1 amide bonds. The van der Waals surface area contributed by atoms with Crippen LogP contribution in [0.5, 0.6) is 5.75 Å². The minimum atomic E-state index is 0.181. The van der Waals surface area contributed by atoms with Gasteiger partial charge < -0.3 is 15.3 Å². The molecule has 0 bridgehead atoms. The first kappa shape index (κ1) is 14.2. The highest BCUT2D eigenvalue weighted by atomic mass is 35.5. The van der Waals surface area contributed by atoms with Crippen molar-refractivity contribution in [2.24, 2.45) is 0 Å². The number of benzene rings is 1. The lowest BCUT2D eigenvalue weighted by Crippen LogP contribution is -2.39. The second-order valence-electron chi connectivity index (χ2n) is 5.00. The molecule has 1 unspecified atom stereocenters. The van der Waals surface area contributed by atoms with Crippen LogP contribution in [-0.4, -0.2) is 35.0 Å². The number of amides is 1. The van der Waals surface area contributed by atoms with Crippen LogP contribution in [-0.2, 0) is 11.3 Å². The van der Waals surface area contributed by atoms with Crippen molar-refractivity contribution in [1.82, 2.24) is 10.2 Å². The first-order chi connectivity index (χ1) is 9.06. The van der Waals surface area contributed by atoms with E-state index in [0.717, 1.165) is 18.5 Å². The third kappa shape index (κ3) is 3.85. The van der Waals surface area contributed by atoms with E-state index in [-0.39, 0.29) is 17.7 Å². The third-order valence-electron chi connectivity index (χ3n) is 3.35. The molecule has 19 heavy (non-hydrogen) atoms. The highest BCUT2D eigenvalue weighted by Gasteiger charge is 2.21. The average molecular weight is 283 g/mol. The van der Waals surface area contributed by atoms with E-state index in [9.17, 15) is 9.90 Å². The van der Waals surface area contributed by atoms with E-state index >= 15 is 0 Å². The summed E-state index contributed by atoms with van der Waals surface area (Å²) in [7, 11) is 0. The van der Waals surface area contributed by atoms with Crippen LogP contribution in [0.4, 0.5) is 0 Å². The number of nitrogens with zero attached hydrogens (tertiary/aromatic N) is 1. The first-order valence-electron chi connectivity index (χ1n) is 6.55. The summed E-state index contributed by atoms with van der Waals surface area (Å²) in [5.74, 6) is 0.473. The molecule has 0 aliphatic carbocycles. The van der Waals surface area contributed by atoms with Crippen LogP contribution in [0, 0.1) is 0 Å². The fraction of sp³-hybridized carbons (Fsp3) is 0.500. The van der Waals surface area contributed by atoms with E-state index < -0.39 is 0 Å². The number of likely N-dealkylation sites (tertiary alicyclic amines) is 1. The van der Waals surface area contributed by atoms with Gasteiger partial charge in [-0.1, -0.05) is 11.6 Å². The molecule has 1 aliphatic heterocycles. The van der Waals surface area contributed by atoms with Gasteiger partial charge in [0.2, 0.25) is 5.91 Å². The molecule has 2 N–H and O–H groups in total. The first-order valence-corrected chi connectivity index (χ1v) is 6.92. The van der Waals surface area contributed by atoms with Crippen LogP contribution in [0.25, 0.3) is 0 Å². The maximum absolute atomic E-state index is 11.5. The normalized spacial score (nSPS) is 16.9. The van der Waals surface area contributed by atoms with E-state index in [0.29, 0.717) is 24.5 Å². The molecule has 0 aromatic heterocycles. The molecule has 104 valence electrons. The van der Waals surface area contributed by atoms with Crippen molar-refractivity contribution in [1.29, 1.82) is 0 Å². The van der Waals surface area contributed by atoms with Crippen molar-refractivity contribution in [2.75, 3.05) is 13.1 Å². The Morgan fingerprint density at radius 3 is 3.00 bits per heavy atom. The molecule has 1 fully saturated rings. The molecule has 1 aromatic carbocycles. The van der Waals surface area contributed by atoms with Crippen LogP contribution in [0.1, 0.15) is 25.3 Å². The number of phenols is 1. The smallest absolute Gasteiger partial charge is 0.222 e. The molecule has 4 nitrogen and oxygen atoms in total. The maximum Gasteiger partial charge on any atom is 0.222 e. The number of hydrogen-bond donors (Lipinski definition) is 2. The Morgan fingerprint density at radius 1 is 1.53 bits per heavy atom. The Labute approximate surface area is 118 Å². The zero-order valence-electron chi connectivity index (χ0n) is 11.0. The van der Waals surface area contributed by atoms with Gasteiger partial charge in [-0.25, -0.2) is 0 Å². The lowest BCUT2D eigenvalue weighted by molar-refractivity contribution is -0.127. The summed E-state index contributed by atoms with van der Waals surface area (Å²) in [6.45, 7) is 4.14. The summed E-state index contributed by atoms with van der Waals surface area (Å²) in [6, 6.07) is 5.18. The SMILES string of the molecule is CC(CN1CCCC1=O)NCc1cc(Cl)ccc1O. The van der Waals surface area contributed by atoms with Gasteiger partial charge >= 0.3 is 0 Å². The molecule has 1 saturated heterocycles. The lowest BCUT2D eigenvalue weighted by atomic mass is 10.2. The molecule has 1 heterocycles. The van der Waals surface area contributed by atoms with E-state index in [4.69, 9.17) is 11.6 Å². The molecular formula is C14H19ClN2O2. The summed E-state index contributed by atoms with van der Waals surface area (Å²) < 4.78 is 0. The Hall–Kier alpha value is -1.26. The van der Waals surface area contributed by atoms with Crippen LogP contribution in [0.2, 0.25) is 5.02 Å². The summed E-state index contributed by atoms with van der Waals surface area (Å²) >= 11 is 5.90. The summed E-state index contributed by atoms with van der Waals surface area (Å²) in [6.07, 6.45) is 1.63. The standard InChI is InChI=1S/C14H19ClN2O2/c1-10(9-17-6-2-3-14(17)19)16-8-11-7-12(15)4-5-13(11)18/h4-5,7,10,16,18H,2-3,6,8-9H2,1H3. The number of nitrogens with one attached hydrogen (secondary N) is 1. The Bertz CT molecular complexity index is 465. The van der Waals surface area contributed by atoms with E-state index in [1.165, 1.54) is 0 Å². The van der Waals surface area contributed by atoms with Crippen molar-refractivity contribution in [2.45, 2.75) is 32.4 Å². The van der Waals surface area contributed by atoms with Crippen LogP contribution < -0.4 is 5.32 Å². The van der Waals surface area contributed by atoms with E-state index in [2.05, 4.69) is 5.32 Å². The van der Waals surface area contributed by atoms with Gasteiger partial charge in [0.15, 0.2) is 0 Å². The molecule has 0 saturated carbocycles. The molecule has 1 aromatic rings. The van der Waals surface area contributed by atoms with Crippen LogP contribution in [0.3, 0.4) is 0 Å². The molecule has 0 spiro atoms. The maximum atomic E-state index is 11.5. The van der Waals surface area contributed by atoms with Crippen molar-refractivity contribution in [3.63, 3.8) is 0 Å². The van der Waals surface area contributed by atoms with Crippen molar-refractivity contribution >= 4 is 17.5 Å². The number of phenolic OH excluding ortho intramolecular Hbond substituents is 1. The minimum absolute atomic E-state index is 0.181. The van der Waals surface area contributed by atoms with Gasteiger partial charge in [-0.05, 0) is 31.5 Å². The van der Waals surface area contributed by atoms with Crippen molar-refractivity contribution in [3.05, 3.63) is 28.8 Å². The quantitative estimate of drug-likeness (QED) is 0.870. The zero-order valence-corrected chi connectivity index (χ0v) is 11.8. The van der Waals surface area contributed by atoms with Gasteiger partial charge in [-0.3, -0.25) is 4.79 Å². The molecule has 1 aliphatic rings. The molecule has 1 atom stereocenters. The van der Waals surface area contributed by atoms with Gasteiger partial charge in [0.05, 0.1) is 0 Å². The second kappa shape index (κ2) is 6.26. The highest BCUT2D eigenvalue weighted by Crippen LogP contribution is 2.21. The number of carbonyl (C=O) groups is 1. The predicted molar refractivity (Wildman–Crippen MR) is 75.2 cm³/mol. The third-order valence-corrected chi connectivity index (χ3v) is 3.58. The largest absolute Gasteiger partial charge is 0.508 e.